The highest BCUT2D eigenvalue weighted by atomic mass is 16.2. The van der Waals surface area contributed by atoms with Crippen LogP contribution in [-0.4, -0.2) is 30.2 Å². The topological polar surface area (TPSA) is 61.2 Å². The number of benzene rings is 2. The maximum absolute atomic E-state index is 13.1. The standard InChI is InChI=1S/C23H24N2O2/c1-3-17-12-16(2)20(15-26)13-22(17)23(27)25-10-8-18(9-11-25)21-7-5-4-6-19(21)14-24/h4-7,12-13,15,18H,3,8-11H2,1-2H3. The molecule has 0 radical (unpaired) electrons. The Morgan fingerprint density at radius 2 is 1.96 bits per heavy atom. The number of amides is 1. The maximum atomic E-state index is 13.1. The first-order chi connectivity index (χ1) is 13.1. The van der Waals surface area contributed by atoms with Gasteiger partial charge in [0.15, 0.2) is 0 Å². The average Bonchev–Trinajstić information content (AvgIpc) is 2.73. The average molecular weight is 360 g/mol. The molecule has 1 heterocycles. The van der Waals surface area contributed by atoms with Crippen molar-refractivity contribution in [2.24, 2.45) is 0 Å². The number of aldehydes is 1. The van der Waals surface area contributed by atoms with Gasteiger partial charge in [0, 0.05) is 24.2 Å². The van der Waals surface area contributed by atoms with E-state index in [1.165, 1.54) is 0 Å². The maximum Gasteiger partial charge on any atom is 0.254 e. The largest absolute Gasteiger partial charge is 0.339 e. The van der Waals surface area contributed by atoms with Crippen LogP contribution in [0.1, 0.15) is 68.7 Å². The van der Waals surface area contributed by atoms with Gasteiger partial charge in [-0.25, -0.2) is 0 Å². The number of nitriles is 1. The van der Waals surface area contributed by atoms with Crippen molar-refractivity contribution in [3.63, 3.8) is 0 Å². The summed E-state index contributed by atoms with van der Waals surface area (Å²) in [5.41, 5.74) is 4.92. The fourth-order valence-corrected chi connectivity index (χ4v) is 3.92. The third-order valence-corrected chi connectivity index (χ3v) is 5.53. The van der Waals surface area contributed by atoms with Crippen LogP contribution in [0.2, 0.25) is 0 Å². The number of carbonyl (C=O) groups is 2. The Morgan fingerprint density at radius 1 is 1.26 bits per heavy atom. The monoisotopic (exact) mass is 360 g/mol. The van der Waals surface area contributed by atoms with Gasteiger partial charge in [0.25, 0.3) is 5.91 Å². The van der Waals surface area contributed by atoms with Crippen LogP contribution in [0.25, 0.3) is 0 Å². The highest BCUT2D eigenvalue weighted by Crippen LogP contribution is 2.31. The molecule has 0 spiro atoms. The molecule has 1 fully saturated rings. The van der Waals surface area contributed by atoms with E-state index in [1.54, 1.807) is 6.07 Å². The predicted octanol–water partition coefficient (Wildman–Crippen LogP) is 4.26. The Hall–Kier alpha value is -2.93. The van der Waals surface area contributed by atoms with E-state index in [0.29, 0.717) is 30.1 Å². The molecular weight excluding hydrogens is 336 g/mol. The Balaban J connectivity index is 1.78. The molecule has 0 atom stereocenters. The van der Waals surface area contributed by atoms with E-state index >= 15 is 0 Å². The van der Waals surface area contributed by atoms with E-state index in [0.717, 1.165) is 47.8 Å². The quantitative estimate of drug-likeness (QED) is 0.765. The van der Waals surface area contributed by atoms with E-state index in [1.807, 2.05) is 49.1 Å². The lowest BCUT2D eigenvalue weighted by Crippen LogP contribution is -2.38. The zero-order valence-electron chi connectivity index (χ0n) is 15.9. The van der Waals surface area contributed by atoms with E-state index in [2.05, 4.69) is 6.07 Å². The molecule has 0 aliphatic carbocycles. The number of nitrogens with zero attached hydrogens (tertiary/aromatic N) is 2. The first-order valence-corrected chi connectivity index (χ1v) is 9.46. The SMILES string of the molecule is CCc1cc(C)c(C=O)cc1C(=O)N1CCC(c2ccccc2C#N)CC1. The van der Waals surface area contributed by atoms with Crippen molar-refractivity contribution >= 4 is 12.2 Å². The van der Waals surface area contributed by atoms with Crippen molar-refractivity contribution in [3.05, 3.63) is 69.8 Å². The second kappa shape index (κ2) is 8.18. The van der Waals surface area contributed by atoms with Crippen molar-refractivity contribution < 1.29 is 9.59 Å². The molecule has 0 unspecified atom stereocenters. The number of carbonyl (C=O) groups excluding carboxylic acids is 2. The van der Waals surface area contributed by atoms with E-state index in [-0.39, 0.29) is 5.91 Å². The minimum absolute atomic E-state index is 0.00182. The van der Waals surface area contributed by atoms with Gasteiger partial charge < -0.3 is 4.90 Å². The Bertz CT molecular complexity index is 903. The summed E-state index contributed by atoms with van der Waals surface area (Å²) >= 11 is 0. The summed E-state index contributed by atoms with van der Waals surface area (Å²) in [6.07, 6.45) is 3.26. The summed E-state index contributed by atoms with van der Waals surface area (Å²) in [5, 5.41) is 9.32. The molecule has 0 saturated carbocycles. The minimum Gasteiger partial charge on any atom is -0.339 e. The summed E-state index contributed by atoms with van der Waals surface area (Å²) < 4.78 is 0. The molecule has 4 nitrogen and oxygen atoms in total. The first-order valence-electron chi connectivity index (χ1n) is 9.46. The minimum atomic E-state index is 0.00182. The van der Waals surface area contributed by atoms with E-state index < -0.39 is 0 Å². The van der Waals surface area contributed by atoms with Crippen molar-refractivity contribution in [3.8, 4) is 6.07 Å². The van der Waals surface area contributed by atoms with Crippen LogP contribution in [0, 0.1) is 18.3 Å². The Kier molecular flexibility index (Phi) is 5.71. The first kappa shape index (κ1) is 18.8. The van der Waals surface area contributed by atoms with Gasteiger partial charge in [0.05, 0.1) is 11.6 Å². The second-order valence-corrected chi connectivity index (χ2v) is 7.10. The van der Waals surface area contributed by atoms with Crippen molar-refractivity contribution in [2.45, 2.75) is 39.0 Å². The van der Waals surface area contributed by atoms with Gasteiger partial charge in [-0.1, -0.05) is 31.2 Å². The van der Waals surface area contributed by atoms with Gasteiger partial charge in [-0.05, 0) is 60.9 Å². The highest BCUT2D eigenvalue weighted by Gasteiger charge is 2.27. The molecule has 2 aromatic rings. The van der Waals surface area contributed by atoms with Gasteiger partial charge >= 0.3 is 0 Å². The normalized spacial score (nSPS) is 14.6. The Labute approximate surface area is 160 Å². The third-order valence-electron chi connectivity index (χ3n) is 5.53. The Morgan fingerprint density at radius 3 is 2.59 bits per heavy atom. The molecule has 2 aromatic carbocycles. The van der Waals surface area contributed by atoms with Crippen LogP contribution in [0.5, 0.6) is 0 Å². The molecule has 0 bridgehead atoms. The van der Waals surface area contributed by atoms with Crippen molar-refractivity contribution in [2.75, 3.05) is 13.1 Å². The smallest absolute Gasteiger partial charge is 0.254 e. The summed E-state index contributed by atoms with van der Waals surface area (Å²) in [6, 6.07) is 13.7. The lowest BCUT2D eigenvalue weighted by atomic mass is 9.86. The van der Waals surface area contributed by atoms with Crippen molar-refractivity contribution in [1.82, 2.24) is 4.90 Å². The number of hydrogen-bond donors (Lipinski definition) is 0. The molecule has 138 valence electrons. The molecule has 0 aromatic heterocycles. The van der Waals surface area contributed by atoms with Crippen LogP contribution >= 0.6 is 0 Å². The molecule has 4 heteroatoms. The molecule has 0 N–H and O–H groups in total. The highest BCUT2D eigenvalue weighted by molar-refractivity contribution is 5.97. The van der Waals surface area contributed by atoms with Crippen LogP contribution in [0.4, 0.5) is 0 Å². The van der Waals surface area contributed by atoms with Crippen molar-refractivity contribution in [1.29, 1.82) is 5.26 Å². The summed E-state index contributed by atoms with van der Waals surface area (Å²) in [5.74, 6) is 0.307. The lowest BCUT2D eigenvalue weighted by molar-refractivity contribution is 0.0712. The zero-order chi connectivity index (χ0) is 19.4. The predicted molar refractivity (Wildman–Crippen MR) is 105 cm³/mol. The summed E-state index contributed by atoms with van der Waals surface area (Å²) in [4.78, 5) is 26.2. The fourth-order valence-electron chi connectivity index (χ4n) is 3.92. The number of piperidine rings is 1. The lowest BCUT2D eigenvalue weighted by Gasteiger charge is -2.33. The van der Waals surface area contributed by atoms with E-state index in [9.17, 15) is 14.9 Å². The van der Waals surface area contributed by atoms with Crippen LogP contribution < -0.4 is 0 Å². The van der Waals surface area contributed by atoms with E-state index in [4.69, 9.17) is 0 Å². The van der Waals surface area contributed by atoms with Crippen LogP contribution in [0.15, 0.2) is 36.4 Å². The van der Waals surface area contributed by atoms with Crippen LogP contribution in [-0.2, 0) is 6.42 Å². The van der Waals surface area contributed by atoms with Gasteiger partial charge in [0.1, 0.15) is 6.29 Å². The number of rotatable bonds is 4. The number of likely N-dealkylation sites (tertiary alicyclic amines) is 1. The molecular formula is C23H24N2O2. The van der Waals surface area contributed by atoms with Gasteiger partial charge in [-0.15, -0.1) is 0 Å². The summed E-state index contributed by atoms with van der Waals surface area (Å²) in [6.45, 7) is 5.25. The molecule has 1 amide bonds. The fraction of sp³-hybridized carbons (Fsp3) is 0.348. The molecule has 1 aliphatic rings. The summed E-state index contributed by atoms with van der Waals surface area (Å²) in [7, 11) is 0. The number of aryl methyl sites for hydroxylation is 2. The van der Waals surface area contributed by atoms with Gasteiger partial charge in [0.2, 0.25) is 0 Å². The van der Waals surface area contributed by atoms with Gasteiger partial charge in [-0.2, -0.15) is 5.26 Å². The number of hydrogen-bond acceptors (Lipinski definition) is 3. The molecule has 3 rings (SSSR count). The van der Waals surface area contributed by atoms with Crippen LogP contribution in [0.3, 0.4) is 0 Å². The second-order valence-electron chi connectivity index (χ2n) is 7.10. The molecule has 1 saturated heterocycles. The zero-order valence-corrected chi connectivity index (χ0v) is 15.9. The molecule has 1 aliphatic heterocycles. The molecule has 27 heavy (non-hydrogen) atoms. The third kappa shape index (κ3) is 3.78. The van der Waals surface area contributed by atoms with Gasteiger partial charge in [-0.3, -0.25) is 9.59 Å².